The number of hydrogen-bond donors (Lipinski definition) is 1. The number of pyridine rings is 1. The molecule has 0 saturated carbocycles. The number of nitrogens with one attached hydrogen (secondary N) is 1. The van der Waals surface area contributed by atoms with Crippen LogP contribution < -0.4 is 14.8 Å². The summed E-state index contributed by atoms with van der Waals surface area (Å²) in [5.41, 5.74) is 3.55. The number of esters is 1. The van der Waals surface area contributed by atoms with Crippen LogP contribution in [0, 0.1) is 0 Å². The summed E-state index contributed by atoms with van der Waals surface area (Å²) in [6.45, 7) is 0.383. The number of carbonyl (C=O) groups excluding carboxylic acids is 2. The first kappa shape index (κ1) is 20.4. The van der Waals surface area contributed by atoms with Gasteiger partial charge in [0.15, 0.2) is 0 Å². The van der Waals surface area contributed by atoms with Gasteiger partial charge in [-0.05, 0) is 48.0 Å². The topological polar surface area (TPSA) is 86.8 Å². The molecule has 1 aliphatic rings. The molecule has 3 aromatic rings. The molecule has 0 fully saturated rings. The highest BCUT2D eigenvalue weighted by Gasteiger charge is 2.26. The Morgan fingerprint density at radius 1 is 1.06 bits per heavy atom. The van der Waals surface area contributed by atoms with Gasteiger partial charge in [-0.15, -0.1) is 0 Å². The molecule has 4 rings (SSSR count). The molecule has 31 heavy (non-hydrogen) atoms. The fourth-order valence-electron chi connectivity index (χ4n) is 3.50. The van der Waals surface area contributed by atoms with Crippen LogP contribution in [0.3, 0.4) is 0 Å². The SMILES string of the molecule is COC(=O)c1ccc(-c2cccc3c2O[C@@H](CNC(=O)c2ccc(OC)cc2)C3)nc1. The zero-order valence-corrected chi connectivity index (χ0v) is 17.3. The fraction of sp³-hybridized carbons (Fsp3) is 0.208. The van der Waals surface area contributed by atoms with E-state index in [0.29, 0.717) is 35.5 Å². The molecular formula is C24H22N2O5. The van der Waals surface area contributed by atoms with Gasteiger partial charge >= 0.3 is 5.97 Å². The summed E-state index contributed by atoms with van der Waals surface area (Å²) in [5, 5.41) is 2.93. The van der Waals surface area contributed by atoms with Gasteiger partial charge in [0.2, 0.25) is 0 Å². The summed E-state index contributed by atoms with van der Waals surface area (Å²) < 4.78 is 16.0. The van der Waals surface area contributed by atoms with E-state index < -0.39 is 5.97 Å². The van der Waals surface area contributed by atoms with Crippen molar-refractivity contribution < 1.29 is 23.8 Å². The van der Waals surface area contributed by atoms with Crippen LogP contribution in [-0.2, 0) is 11.2 Å². The number of ether oxygens (including phenoxy) is 3. The van der Waals surface area contributed by atoms with Crippen LogP contribution >= 0.6 is 0 Å². The standard InChI is InChI=1S/C24H22N2O5/c1-29-18-9-6-15(7-10-18)23(27)26-14-19-12-16-4-3-5-20(22(16)31-19)21-11-8-17(13-25-21)24(28)30-2/h3-11,13,19H,12,14H2,1-2H3,(H,26,27)/t19-/m1/s1. The number of aromatic nitrogens is 1. The predicted molar refractivity (Wildman–Crippen MR) is 114 cm³/mol. The fourth-order valence-corrected chi connectivity index (χ4v) is 3.50. The lowest BCUT2D eigenvalue weighted by Gasteiger charge is -2.13. The Morgan fingerprint density at radius 2 is 1.84 bits per heavy atom. The second-order valence-corrected chi connectivity index (χ2v) is 7.10. The predicted octanol–water partition coefficient (Wildman–Crippen LogP) is 3.28. The summed E-state index contributed by atoms with van der Waals surface area (Å²) in [4.78, 5) is 28.4. The van der Waals surface area contributed by atoms with E-state index >= 15 is 0 Å². The molecule has 0 bridgehead atoms. The van der Waals surface area contributed by atoms with Gasteiger partial charge in [0, 0.05) is 23.7 Å². The minimum Gasteiger partial charge on any atom is -0.497 e. The van der Waals surface area contributed by atoms with Gasteiger partial charge in [-0.2, -0.15) is 0 Å². The number of carbonyl (C=O) groups is 2. The Bertz CT molecular complexity index is 1090. The minimum absolute atomic E-state index is 0.164. The molecular weight excluding hydrogens is 396 g/mol. The van der Waals surface area contributed by atoms with E-state index in [4.69, 9.17) is 14.2 Å². The van der Waals surface area contributed by atoms with Gasteiger partial charge in [0.05, 0.1) is 32.0 Å². The van der Waals surface area contributed by atoms with Gasteiger partial charge in [-0.1, -0.05) is 12.1 Å². The number of nitrogens with zero attached hydrogens (tertiary/aromatic N) is 1. The van der Waals surface area contributed by atoms with Crippen molar-refractivity contribution in [1.82, 2.24) is 10.3 Å². The van der Waals surface area contributed by atoms with Gasteiger partial charge in [0.25, 0.3) is 5.91 Å². The average molecular weight is 418 g/mol. The Kier molecular flexibility index (Phi) is 5.84. The summed E-state index contributed by atoms with van der Waals surface area (Å²) in [6, 6.07) is 16.3. The van der Waals surface area contributed by atoms with Crippen molar-refractivity contribution in [1.29, 1.82) is 0 Å². The van der Waals surface area contributed by atoms with E-state index in [-0.39, 0.29) is 12.0 Å². The highest BCUT2D eigenvalue weighted by atomic mass is 16.5. The average Bonchev–Trinajstić information content (AvgIpc) is 3.25. The second-order valence-electron chi connectivity index (χ2n) is 7.10. The lowest BCUT2D eigenvalue weighted by molar-refractivity contribution is 0.0600. The number of benzene rings is 2. The van der Waals surface area contributed by atoms with Crippen LogP contribution in [0.15, 0.2) is 60.8 Å². The van der Waals surface area contributed by atoms with Crippen molar-refractivity contribution in [2.24, 2.45) is 0 Å². The van der Waals surface area contributed by atoms with Crippen LogP contribution in [0.5, 0.6) is 11.5 Å². The molecule has 0 unspecified atom stereocenters. The van der Waals surface area contributed by atoms with E-state index in [1.807, 2.05) is 18.2 Å². The molecule has 1 atom stereocenters. The molecule has 7 heteroatoms. The largest absolute Gasteiger partial charge is 0.497 e. The first-order valence-corrected chi connectivity index (χ1v) is 9.84. The van der Waals surface area contributed by atoms with Crippen molar-refractivity contribution in [3.8, 4) is 22.8 Å². The highest BCUT2D eigenvalue weighted by Crippen LogP contribution is 2.38. The smallest absolute Gasteiger partial charge is 0.339 e. The maximum absolute atomic E-state index is 12.4. The zero-order chi connectivity index (χ0) is 21.8. The van der Waals surface area contributed by atoms with E-state index in [1.54, 1.807) is 43.5 Å². The van der Waals surface area contributed by atoms with Crippen LogP contribution in [0.4, 0.5) is 0 Å². The first-order valence-electron chi connectivity index (χ1n) is 9.84. The van der Waals surface area contributed by atoms with E-state index in [1.165, 1.54) is 13.3 Å². The van der Waals surface area contributed by atoms with Gasteiger partial charge in [0.1, 0.15) is 17.6 Å². The van der Waals surface area contributed by atoms with Gasteiger partial charge in [-0.25, -0.2) is 4.79 Å². The molecule has 0 aliphatic carbocycles. The van der Waals surface area contributed by atoms with Crippen LogP contribution in [0.25, 0.3) is 11.3 Å². The molecule has 0 radical (unpaired) electrons. The highest BCUT2D eigenvalue weighted by molar-refractivity contribution is 5.94. The molecule has 2 heterocycles. The van der Waals surface area contributed by atoms with Crippen LogP contribution in [-0.4, -0.2) is 43.7 Å². The summed E-state index contributed by atoms with van der Waals surface area (Å²) in [5.74, 6) is 0.861. The second kappa shape index (κ2) is 8.87. The molecule has 1 aliphatic heterocycles. The van der Waals surface area contributed by atoms with E-state index in [9.17, 15) is 9.59 Å². The Morgan fingerprint density at radius 3 is 2.52 bits per heavy atom. The molecule has 7 nitrogen and oxygen atoms in total. The number of rotatable bonds is 6. The third-order valence-corrected chi connectivity index (χ3v) is 5.13. The third kappa shape index (κ3) is 4.35. The Balaban J connectivity index is 1.43. The number of fused-ring (bicyclic) bond motifs is 1. The molecule has 2 aromatic carbocycles. The van der Waals surface area contributed by atoms with E-state index in [0.717, 1.165) is 16.9 Å². The summed E-state index contributed by atoms with van der Waals surface area (Å²) in [6.07, 6.45) is 2.00. The van der Waals surface area contributed by atoms with Crippen molar-refractivity contribution >= 4 is 11.9 Å². The molecule has 158 valence electrons. The lowest BCUT2D eigenvalue weighted by Crippen LogP contribution is -2.34. The Hall–Kier alpha value is -3.87. The molecule has 1 N–H and O–H groups in total. The number of amides is 1. The zero-order valence-electron chi connectivity index (χ0n) is 17.3. The third-order valence-electron chi connectivity index (χ3n) is 5.13. The Labute approximate surface area is 180 Å². The first-order chi connectivity index (χ1) is 15.1. The lowest BCUT2D eigenvalue weighted by atomic mass is 10.0. The number of para-hydroxylation sites is 1. The summed E-state index contributed by atoms with van der Waals surface area (Å²) in [7, 11) is 2.92. The van der Waals surface area contributed by atoms with Gasteiger partial charge < -0.3 is 19.5 Å². The quantitative estimate of drug-likeness (QED) is 0.619. The van der Waals surface area contributed by atoms with Crippen molar-refractivity contribution in [2.45, 2.75) is 12.5 Å². The molecule has 1 amide bonds. The maximum atomic E-state index is 12.4. The van der Waals surface area contributed by atoms with Crippen molar-refractivity contribution in [3.63, 3.8) is 0 Å². The molecule has 0 saturated heterocycles. The summed E-state index contributed by atoms with van der Waals surface area (Å²) >= 11 is 0. The number of hydrogen-bond acceptors (Lipinski definition) is 6. The molecule has 1 aromatic heterocycles. The van der Waals surface area contributed by atoms with Crippen molar-refractivity contribution in [3.05, 3.63) is 77.5 Å². The van der Waals surface area contributed by atoms with Gasteiger partial charge in [-0.3, -0.25) is 9.78 Å². The van der Waals surface area contributed by atoms with Crippen LogP contribution in [0.2, 0.25) is 0 Å². The number of methoxy groups -OCH3 is 2. The van der Waals surface area contributed by atoms with Crippen molar-refractivity contribution in [2.75, 3.05) is 20.8 Å². The molecule has 0 spiro atoms. The minimum atomic E-state index is -0.429. The van der Waals surface area contributed by atoms with E-state index in [2.05, 4.69) is 10.3 Å². The normalized spacial score (nSPS) is 14.3. The van der Waals surface area contributed by atoms with Crippen LogP contribution in [0.1, 0.15) is 26.3 Å². The monoisotopic (exact) mass is 418 g/mol. The maximum Gasteiger partial charge on any atom is 0.339 e.